The van der Waals surface area contributed by atoms with Crippen molar-refractivity contribution in [2.24, 2.45) is 0 Å². The molecule has 2 aromatic carbocycles. The number of nitrogens with zero attached hydrogens (tertiary/aromatic N) is 2. The monoisotopic (exact) mass is 393 g/mol. The van der Waals surface area contributed by atoms with Crippen LogP contribution in [-0.2, 0) is 11.3 Å². The number of rotatable bonds is 7. The maximum absolute atomic E-state index is 12.7. The van der Waals surface area contributed by atoms with Crippen molar-refractivity contribution in [2.75, 3.05) is 12.4 Å². The number of ether oxygens (including phenoxy) is 2. The van der Waals surface area contributed by atoms with Gasteiger partial charge in [-0.2, -0.15) is 5.10 Å². The standard InChI is InChI=1S/C22H23N3O4/c1-15(2)29-20-10-9-18(22(27)28-3)13-19(20)24-21(26)17-7-5-16(6-8-17)14-25-12-4-11-23-25/h4-13,15H,14H2,1-3H3,(H,24,26). The van der Waals surface area contributed by atoms with E-state index in [1.54, 1.807) is 36.5 Å². The first-order valence-corrected chi connectivity index (χ1v) is 9.23. The van der Waals surface area contributed by atoms with Crippen molar-refractivity contribution in [3.63, 3.8) is 0 Å². The molecule has 0 radical (unpaired) electrons. The fourth-order valence-corrected chi connectivity index (χ4v) is 2.77. The molecule has 1 N–H and O–H groups in total. The van der Waals surface area contributed by atoms with Crippen molar-refractivity contribution in [3.8, 4) is 5.75 Å². The molecule has 0 aliphatic heterocycles. The molecule has 0 aliphatic carbocycles. The van der Waals surface area contributed by atoms with Crippen LogP contribution in [0.5, 0.6) is 5.75 Å². The number of esters is 1. The van der Waals surface area contributed by atoms with Gasteiger partial charge in [0.15, 0.2) is 0 Å². The molecule has 1 aromatic heterocycles. The Labute approximate surface area is 169 Å². The van der Waals surface area contributed by atoms with Crippen LogP contribution in [-0.4, -0.2) is 34.9 Å². The molecular weight excluding hydrogens is 370 g/mol. The molecule has 0 atom stereocenters. The summed E-state index contributed by atoms with van der Waals surface area (Å²) < 4.78 is 12.3. The third kappa shape index (κ3) is 5.22. The molecule has 29 heavy (non-hydrogen) atoms. The Kier molecular flexibility index (Phi) is 6.29. The van der Waals surface area contributed by atoms with Crippen molar-refractivity contribution in [2.45, 2.75) is 26.5 Å². The van der Waals surface area contributed by atoms with Crippen LogP contribution in [0.15, 0.2) is 60.9 Å². The van der Waals surface area contributed by atoms with Gasteiger partial charge in [-0.15, -0.1) is 0 Å². The van der Waals surface area contributed by atoms with Gasteiger partial charge in [0, 0.05) is 18.0 Å². The number of carbonyl (C=O) groups excluding carboxylic acids is 2. The number of amides is 1. The third-order valence-electron chi connectivity index (χ3n) is 4.13. The Bertz CT molecular complexity index is 980. The summed E-state index contributed by atoms with van der Waals surface area (Å²) >= 11 is 0. The minimum atomic E-state index is -0.487. The lowest BCUT2D eigenvalue weighted by Crippen LogP contribution is -2.15. The molecular formula is C22H23N3O4. The Balaban J connectivity index is 1.78. The van der Waals surface area contributed by atoms with Crippen molar-refractivity contribution in [1.29, 1.82) is 0 Å². The fourth-order valence-electron chi connectivity index (χ4n) is 2.77. The molecule has 0 saturated heterocycles. The number of anilines is 1. The van der Waals surface area contributed by atoms with Crippen LogP contribution >= 0.6 is 0 Å². The van der Waals surface area contributed by atoms with Crippen LogP contribution in [0.3, 0.4) is 0 Å². The Hall–Kier alpha value is -3.61. The zero-order chi connectivity index (χ0) is 20.8. The van der Waals surface area contributed by atoms with Crippen LogP contribution in [0, 0.1) is 0 Å². The van der Waals surface area contributed by atoms with Gasteiger partial charge in [-0.3, -0.25) is 9.48 Å². The molecule has 3 aromatic rings. The van der Waals surface area contributed by atoms with E-state index in [1.165, 1.54) is 7.11 Å². The Morgan fingerprint density at radius 2 is 1.83 bits per heavy atom. The molecule has 150 valence electrons. The number of nitrogens with one attached hydrogen (secondary N) is 1. The molecule has 7 heteroatoms. The van der Waals surface area contributed by atoms with E-state index in [2.05, 4.69) is 10.4 Å². The van der Waals surface area contributed by atoms with Crippen molar-refractivity contribution in [3.05, 3.63) is 77.6 Å². The maximum Gasteiger partial charge on any atom is 0.337 e. The molecule has 0 aliphatic rings. The topological polar surface area (TPSA) is 82.5 Å². The zero-order valence-electron chi connectivity index (χ0n) is 16.6. The zero-order valence-corrected chi connectivity index (χ0v) is 16.6. The van der Waals surface area contributed by atoms with Crippen LogP contribution in [0.2, 0.25) is 0 Å². The average molecular weight is 393 g/mol. The van der Waals surface area contributed by atoms with Gasteiger partial charge in [0.1, 0.15) is 5.75 Å². The number of benzene rings is 2. The van der Waals surface area contributed by atoms with Crippen LogP contribution in [0.1, 0.15) is 40.1 Å². The summed E-state index contributed by atoms with van der Waals surface area (Å²) in [6.07, 6.45) is 3.52. The molecule has 1 amide bonds. The third-order valence-corrected chi connectivity index (χ3v) is 4.13. The van der Waals surface area contributed by atoms with Gasteiger partial charge in [-0.1, -0.05) is 12.1 Å². The Morgan fingerprint density at radius 3 is 2.45 bits per heavy atom. The lowest BCUT2D eigenvalue weighted by atomic mass is 10.1. The molecule has 0 bridgehead atoms. The fraction of sp³-hybridized carbons (Fsp3) is 0.227. The van der Waals surface area contributed by atoms with Gasteiger partial charge in [0.2, 0.25) is 0 Å². The van der Waals surface area contributed by atoms with Gasteiger partial charge in [0.25, 0.3) is 5.91 Å². The first-order valence-electron chi connectivity index (χ1n) is 9.23. The van der Waals surface area contributed by atoms with E-state index >= 15 is 0 Å². The van der Waals surface area contributed by atoms with Gasteiger partial charge >= 0.3 is 5.97 Å². The number of aromatic nitrogens is 2. The van der Waals surface area contributed by atoms with E-state index in [0.29, 0.717) is 29.1 Å². The van der Waals surface area contributed by atoms with Crippen molar-refractivity contribution >= 4 is 17.6 Å². The molecule has 7 nitrogen and oxygen atoms in total. The summed E-state index contributed by atoms with van der Waals surface area (Å²) in [4.78, 5) is 24.6. The van der Waals surface area contributed by atoms with Crippen molar-refractivity contribution in [1.82, 2.24) is 9.78 Å². The van der Waals surface area contributed by atoms with Gasteiger partial charge < -0.3 is 14.8 Å². The quantitative estimate of drug-likeness (QED) is 0.618. The van der Waals surface area contributed by atoms with E-state index < -0.39 is 5.97 Å². The van der Waals surface area contributed by atoms with Crippen LogP contribution in [0.4, 0.5) is 5.69 Å². The van der Waals surface area contributed by atoms with E-state index in [9.17, 15) is 9.59 Å². The van der Waals surface area contributed by atoms with E-state index in [0.717, 1.165) is 5.56 Å². The highest BCUT2D eigenvalue weighted by atomic mass is 16.5. The lowest BCUT2D eigenvalue weighted by Gasteiger charge is -2.16. The summed E-state index contributed by atoms with van der Waals surface area (Å²) in [7, 11) is 1.31. The molecule has 3 rings (SSSR count). The average Bonchev–Trinajstić information content (AvgIpc) is 3.22. The first kappa shape index (κ1) is 20.1. The van der Waals surface area contributed by atoms with Gasteiger partial charge in [0.05, 0.1) is 31.0 Å². The number of hydrogen-bond acceptors (Lipinski definition) is 5. The summed E-state index contributed by atoms with van der Waals surface area (Å²) in [5.41, 5.74) is 2.26. The number of methoxy groups -OCH3 is 1. The van der Waals surface area contributed by atoms with Gasteiger partial charge in [-0.25, -0.2) is 4.79 Å². The number of hydrogen-bond donors (Lipinski definition) is 1. The largest absolute Gasteiger partial charge is 0.489 e. The lowest BCUT2D eigenvalue weighted by molar-refractivity contribution is 0.0600. The second kappa shape index (κ2) is 9.05. The molecule has 0 spiro atoms. The van der Waals surface area contributed by atoms with E-state index in [4.69, 9.17) is 9.47 Å². The van der Waals surface area contributed by atoms with Crippen molar-refractivity contribution < 1.29 is 19.1 Å². The summed E-state index contributed by atoms with van der Waals surface area (Å²) in [6, 6.07) is 13.9. The molecule has 0 unspecified atom stereocenters. The normalized spacial score (nSPS) is 10.6. The smallest absolute Gasteiger partial charge is 0.337 e. The summed E-state index contributed by atoms with van der Waals surface area (Å²) in [5.74, 6) is -0.304. The molecule has 0 fully saturated rings. The minimum Gasteiger partial charge on any atom is -0.489 e. The van der Waals surface area contributed by atoms with Crippen LogP contribution in [0.25, 0.3) is 0 Å². The predicted molar refractivity (Wildman–Crippen MR) is 109 cm³/mol. The number of carbonyl (C=O) groups is 2. The second-order valence-corrected chi connectivity index (χ2v) is 6.72. The van der Waals surface area contributed by atoms with Crippen LogP contribution < -0.4 is 10.1 Å². The highest BCUT2D eigenvalue weighted by molar-refractivity contribution is 6.05. The van der Waals surface area contributed by atoms with E-state index in [1.807, 2.05) is 42.9 Å². The molecule has 1 heterocycles. The highest BCUT2D eigenvalue weighted by Crippen LogP contribution is 2.28. The van der Waals surface area contributed by atoms with Gasteiger partial charge in [-0.05, 0) is 55.8 Å². The summed E-state index contributed by atoms with van der Waals surface area (Å²) in [6.45, 7) is 4.40. The SMILES string of the molecule is COC(=O)c1ccc(OC(C)C)c(NC(=O)c2ccc(Cn3cccn3)cc2)c1. The second-order valence-electron chi connectivity index (χ2n) is 6.72. The maximum atomic E-state index is 12.7. The highest BCUT2D eigenvalue weighted by Gasteiger charge is 2.15. The Morgan fingerprint density at radius 1 is 1.10 bits per heavy atom. The minimum absolute atomic E-state index is 0.0868. The first-order chi connectivity index (χ1) is 14.0. The van der Waals surface area contributed by atoms with E-state index in [-0.39, 0.29) is 12.0 Å². The summed E-state index contributed by atoms with van der Waals surface area (Å²) in [5, 5.41) is 7.00. The molecule has 0 saturated carbocycles. The predicted octanol–water partition coefficient (Wildman–Crippen LogP) is 3.76.